The zero-order valence-electron chi connectivity index (χ0n) is 13.4. The molecule has 1 rings (SSSR count). The van der Waals surface area contributed by atoms with Crippen LogP contribution in [-0.4, -0.2) is 11.1 Å². The Morgan fingerprint density at radius 3 is 1.95 bits per heavy atom. The molecular formula is C18H30O3. The van der Waals surface area contributed by atoms with Crippen molar-refractivity contribution >= 4 is 5.97 Å². The van der Waals surface area contributed by atoms with Crippen molar-refractivity contribution in [1.29, 1.82) is 0 Å². The van der Waals surface area contributed by atoms with E-state index in [9.17, 15) is 4.79 Å². The molecule has 1 heterocycles. The van der Waals surface area contributed by atoms with Gasteiger partial charge in [-0.25, -0.2) is 0 Å². The highest BCUT2D eigenvalue weighted by molar-refractivity contribution is 5.66. The number of aliphatic carboxylic acids is 1. The Balaban J connectivity index is 2.04. The maximum Gasteiger partial charge on any atom is 0.303 e. The molecule has 0 amide bonds. The van der Waals surface area contributed by atoms with E-state index >= 15 is 0 Å². The van der Waals surface area contributed by atoms with E-state index in [-0.39, 0.29) is 0 Å². The van der Waals surface area contributed by atoms with Gasteiger partial charge in [0.2, 0.25) is 0 Å². The molecule has 0 saturated carbocycles. The lowest BCUT2D eigenvalue weighted by molar-refractivity contribution is -0.137. The standard InChI is InChI=1S/C18H30O3/c1-2-3-4-5-8-11-16-14-15-17(21-16)12-9-6-7-10-13-18(19)20/h14-15H,2-13H2,1H3,(H,19,20). The summed E-state index contributed by atoms with van der Waals surface area (Å²) < 4.78 is 5.84. The van der Waals surface area contributed by atoms with Crippen molar-refractivity contribution in [3.05, 3.63) is 23.7 Å². The third-order valence-corrected chi connectivity index (χ3v) is 3.81. The molecule has 3 heteroatoms. The average Bonchev–Trinajstić information content (AvgIpc) is 2.90. The fraction of sp³-hybridized carbons (Fsp3) is 0.722. The number of furan rings is 1. The number of carbonyl (C=O) groups is 1. The first-order valence-electron chi connectivity index (χ1n) is 8.51. The summed E-state index contributed by atoms with van der Waals surface area (Å²) in [5.41, 5.74) is 0. The Bertz CT molecular complexity index is 382. The Morgan fingerprint density at radius 1 is 0.905 bits per heavy atom. The largest absolute Gasteiger partial charge is 0.481 e. The third kappa shape index (κ3) is 9.33. The molecule has 0 aliphatic carbocycles. The number of aryl methyl sites for hydroxylation is 2. The van der Waals surface area contributed by atoms with Gasteiger partial charge in [-0.2, -0.15) is 0 Å². The number of carboxylic acids is 1. The fourth-order valence-corrected chi connectivity index (χ4v) is 2.52. The molecule has 0 atom stereocenters. The van der Waals surface area contributed by atoms with E-state index in [4.69, 9.17) is 9.52 Å². The van der Waals surface area contributed by atoms with Crippen molar-refractivity contribution in [1.82, 2.24) is 0 Å². The van der Waals surface area contributed by atoms with E-state index < -0.39 is 5.97 Å². The van der Waals surface area contributed by atoms with Crippen LogP contribution in [0.4, 0.5) is 0 Å². The van der Waals surface area contributed by atoms with Crippen molar-refractivity contribution in [2.24, 2.45) is 0 Å². The predicted molar refractivity (Wildman–Crippen MR) is 85.6 cm³/mol. The van der Waals surface area contributed by atoms with Gasteiger partial charge in [-0.1, -0.05) is 45.4 Å². The van der Waals surface area contributed by atoms with Crippen molar-refractivity contribution in [3.8, 4) is 0 Å². The summed E-state index contributed by atoms with van der Waals surface area (Å²) in [6.07, 6.45) is 12.8. The van der Waals surface area contributed by atoms with Crippen LogP contribution in [0.15, 0.2) is 16.5 Å². The van der Waals surface area contributed by atoms with Gasteiger partial charge < -0.3 is 9.52 Å². The minimum Gasteiger partial charge on any atom is -0.481 e. The van der Waals surface area contributed by atoms with Gasteiger partial charge >= 0.3 is 5.97 Å². The quantitative estimate of drug-likeness (QED) is 0.497. The van der Waals surface area contributed by atoms with Gasteiger partial charge in [0.15, 0.2) is 0 Å². The fourth-order valence-electron chi connectivity index (χ4n) is 2.52. The van der Waals surface area contributed by atoms with E-state index in [1.807, 2.05) is 0 Å². The predicted octanol–water partition coefficient (Wildman–Crippen LogP) is 5.37. The first-order valence-corrected chi connectivity index (χ1v) is 8.51. The topological polar surface area (TPSA) is 50.4 Å². The van der Waals surface area contributed by atoms with Gasteiger partial charge in [-0.05, 0) is 31.4 Å². The molecule has 1 N–H and O–H groups in total. The van der Waals surface area contributed by atoms with E-state index in [0.717, 1.165) is 50.0 Å². The first-order chi connectivity index (χ1) is 10.2. The SMILES string of the molecule is CCCCCCCc1ccc(CCCCCCC(=O)O)o1. The minimum atomic E-state index is -0.690. The first kappa shape index (κ1) is 17.8. The molecule has 0 bridgehead atoms. The molecule has 0 unspecified atom stereocenters. The second-order valence-corrected chi connectivity index (χ2v) is 5.84. The van der Waals surface area contributed by atoms with Crippen molar-refractivity contribution in [2.75, 3.05) is 0 Å². The molecule has 21 heavy (non-hydrogen) atoms. The van der Waals surface area contributed by atoms with Crippen LogP contribution in [-0.2, 0) is 17.6 Å². The summed E-state index contributed by atoms with van der Waals surface area (Å²) in [6, 6.07) is 4.21. The van der Waals surface area contributed by atoms with E-state index in [1.54, 1.807) is 0 Å². The molecule has 0 fully saturated rings. The molecule has 0 aliphatic rings. The van der Waals surface area contributed by atoms with Crippen molar-refractivity contribution < 1.29 is 14.3 Å². The Morgan fingerprint density at radius 2 is 1.43 bits per heavy atom. The number of unbranched alkanes of at least 4 members (excludes halogenated alkanes) is 7. The molecular weight excluding hydrogens is 264 g/mol. The number of hydrogen-bond acceptors (Lipinski definition) is 2. The van der Waals surface area contributed by atoms with E-state index in [0.29, 0.717) is 6.42 Å². The van der Waals surface area contributed by atoms with Gasteiger partial charge in [0.25, 0.3) is 0 Å². The zero-order valence-corrected chi connectivity index (χ0v) is 13.4. The molecule has 0 aromatic carbocycles. The molecule has 120 valence electrons. The van der Waals surface area contributed by atoms with Crippen LogP contribution in [0.5, 0.6) is 0 Å². The van der Waals surface area contributed by atoms with E-state index in [2.05, 4.69) is 19.1 Å². The van der Waals surface area contributed by atoms with Crippen LogP contribution < -0.4 is 0 Å². The summed E-state index contributed by atoms with van der Waals surface area (Å²) in [6.45, 7) is 2.24. The Hall–Kier alpha value is -1.25. The highest BCUT2D eigenvalue weighted by Gasteiger charge is 2.03. The van der Waals surface area contributed by atoms with E-state index in [1.165, 1.54) is 32.1 Å². The zero-order chi connectivity index (χ0) is 15.3. The highest BCUT2D eigenvalue weighted by atomic mass is 16.4. The Labute approximate surface area is 128 Å². The molecule has 0 aliphatic heterocycles. The van der Waals surface area contributed by atoms with Gasteiger partial charge in [0.1, 0.15) is 11.5 Å². The number of hydrogen-bond donors (Lipinski definition) is 1. The van der Waals surface area contributed by atoms with Gasteiger partial charge in [0.05, 0.1) is 0 Å². The van der Waals surface area contributed by atoms with Crippen LogP contribution in [0, 0.1) is 0 Å². The van der Waals surface area contributed by atoms with Crippen LogP contribution in [0.1, 0.15) is 82.7 Å². The number of carboxylic acid groups (broad SMARTS) is 1. The molecule has 1 aromatic heterocycles. The van der Waals surface area contributed by atoms with Crippen molar-refractivity contribution in [2.45, 2.75) is 84.0 Å². The molecule has 0 radical (unpaired) electrons. The molecule has 0 spiro atoms. The third-order valence-electron chi connectivity index (χ3n) is 3.81. The molecule has 3 nitrogen and oxygen atoms in total. The van der Waals surface area contributed by atoms with Crippen molar-refractivity contribution in [3.63, 3.8) is 0 Å². The Kier molecular flexibility index (Phi) is 9.68. The summed E-state index contributed by atoms with van der Waals surface area (Å²) in [4.78, 5) is 10.4. The van der Waals surface area contributed by atoms with Crippen LogP contribution in [0.3, 0.4) is 0 Å². The second-order valence-electron chi connectivity index (χ2n) is 5.84. The number of rotatable bonds is 13. The van der Waals surface area contributed by atoms with Gasteiger partial charge in [-0.15, -0.1) is 0 Å². The normalized spacial score (nSPS) is 10.9. The minimum absolute atomic E-state index is 0.295. The van der Waals surface area contributed by atoms with Gasteiger partial charge in [0, 0.05) is 19.3 Å². The summed E-state index contributed by atoms with van der Waals surface area (Å²) in [7, 11) is 0. The van der Waals surface area contributed by atoms with Crippen LogP contribution in [0.25, 0.3) is 0 Å². The summed E-state index contributed by atoms with van der Waals surface area (Å²) in [5.74, 6) is 1.51. The van der Waals surface area contributed by atoms with Crippen LogP contribution in [0.2, 0.25) is 0 Å². The highest BCUT2D eigenvalue weighted by Crippen LogP contribution is 2.15. The molecule has 0 saturated heterocycles. The smallest absolute Gasteiger partial charge is 0.303 e. The maximum absolute atomic E-state index is 10.4. The van der Waals surface area contributed by atoms with Crippen LogP contribution >= 0.6 is 0 Å². The lowest BCUT2D eigenvalue weighted by Crippen LogP contribution is -1.93. The second kappa shape index (κ2) is 11.4. The monoisotopic (exact) mass is 294 g/mol. The lowest BCUT2D eigenvalue weighted by Gasteiger charge is -2.00. The lowest BCUT2D eigenvalue weighted by atomic mass is 10.1. The maximum atomic E-state index is 10.4. The molecule has 1 aromatic rings. The summed E-state index contributed by atoms with van der Waals surface area (Å²) in [5, 5.41) is 8.55. The summed E-state index contributed by atoms with van der Waals surface area (Å²) >= 11 is 0. The average molecular weight is 294 g/mol. The van der Waals surface area contributed by atoms with Gasteiger partial charge in [-0.3, -0.25) is 4.79 Å².